The lowest BCUT2D eigenvalue weighted by molar-refractivity contribution is -0.142. The van der Waals surface area contributed by atoms with Gasteiger partial charge in [-0.25, -0.2) is 4.39 Å². The minimum atomic E-state index is -0.783. The van der Waals surface area contributed by atoms with E-state index in [0.717, 1.165) is 38.5 Å². The van der Waals surface area contributed by atoms with Crippen LogP contribution in [0.2, 0.25) is 0 Å². The Morgan fingerprint density at radius 3 is 2.38 bits per heavy atom. The molecule has 1 aromatic carbocycles. The van der Waals surface area contributed by atoms with Crippen LogP contribution in [0.15, 0.2) is 24.3 Å². The molecule has 2 saturated carbocycles. The molecule has 29 heavy (non-hydrogen) atoms. The quantitative estimate of drug-likeness (QED) is 0.668. The number of halogens is 2. The summed E-state index contributed by atoms with van der Waals surface area (Å²) in [6.07, 6.45) is 7.00. The average Bonchev–Trinajstić information content (AvgIpc) is 3.24. The Kier molecular flexibility index (Phi) is 7.55. The first-order valence-electron chi connectivity index (χ1n) is 10.8. The van der Waals surface area contributed by atoms with Crippen molar-refractivity contribution in [1.29, 1.82) is 0 Å². The molecule has 4 nitrogen and oxygen atoms in total. The molecule has 1 N–H and O–H groups in total. The fraction of sp³-hybridized carbons (Fsp3) is 0.652. The Labute approximate surface area is 178 Å². The maximum absolute atomic E-state index is 13.5. The van der Waals surface area contributed by atoms with Crippen LogP contribution in [0, 0.1) is 17.7 Å². The lowest BCUT2D eigenvalue weighted by Crippen LogP contribution is -2.52. The van der Waals surface area contributed by atoms with Crippen molar-refractivity contribution in [1.82, 2.24) is 10.2 Å². The van der Waals surface area contributed by atoms with Crippen LogP contribution in [-0.4, -0.2) is 34.7 Å². The molecule has 4 atom stereocenters. The number of carbonyl (C=O) groups excluding carboxylic acids is 2. The van der Waals surface area contributed by atoms with Crippen LogP contribution in [-0.2, 0) is 9.59 Å². The van der Waals surface area contributed by atoms with E-state index in [1.54, 1.807) is 17.0 Å². The van der Waals surface area contributed by atoms with Crippen LogP contribution in [0.25, 0.3) is 0 Å². The van der Waals surface area contributed by atoms with Crippen molar-refractivity contribution in [3.8, 4) is 0 Å². The molecule has 2 aliphatic rings. The first-order valence-corrected chi connectivity index (χ1v) is 11.4. The predicted octanol–water partition coefficient (Wildman–Crippen LogP) is 4.82. The number of carbonyl (C=O) groups is 2. The normalized spacial score (nSPS) is 26.1. The van der Waals surface area contributed by atoms with Gasteiger partial charge in [0.15, 0.2) is 0 Å². The van der Waals surface area contributed by atoms with Crippen molar-refractivity contribution in [2.75, 3.05) is 5.88 Å². The highest BCUT2D eigenvalue weighted by Gasteiger charge is 2.39. The molecule has 2 fully saturated rings. The lowest BCUT2D eigenvalue weighted by atomic mass is 9.78. The molecular weight excluding hydrogens is 391 g/mol. The van der Waals surface area contributed by atoms with Crippen molar-refractivity contribution < 1.29 is 14.0 Å². The molecule has 1 aromatic rings. The van der Waals surface area contributed by atoms with Crippen molar-refractivity contribution >= 4 is 23.4 Å². The van der Waals surface area contributed by atoms with Crippen molar-refractivity contribution in [3.63, 3.8) is 0 Å². The number of alkyl halides is 1. The Bertz CT molecular complexity index is 705. The van der Waals surface area contributed by atoms with Gasteiger partial charge in [-0.2, -0.15) is 0 Å². The van der Waals surface area contributed by atoms with E-state index < -0.39 is 6.04 Å². The molecule has 0 bridgehead atoms. The van der Waals surface area contributed by atoms with Gasteiger partial charge in [0.05, 0.1) is 0 Å². The van der Waals surface area contributed by atoms with Gasteiger partial charge in [-0.1, -0.05) is 51.7 Å². The summed E-state index contributed by atoms with van der Waals surface area (Å²) in [5.41, 5.74) is 0.630. The summed E-state index contributed by atoms with van der Waals surface area (Å²) >= 11 is 5.94. The molecule has 0 heterocycles. The number of nitrogens with one attached hydrogen (secondary N) is 1. The smallest absolute Gasteiger partial charge is 0.247 e. The summed E-state index contributed by atoms with van der Waals surface area (Å²) in [7, 11) is 0. The number of hydrogen-bond acceptors (Lipinski definition) is 2. The zero-order valence-corrected chi connectivity index (χ0v) is 18.1. The highest BCUT2D eigenvalue weighted by Crippen LogP contribution is 2.34. The van der Waals surface area contributed by atoms with E-state index >= 15 is 0 Å². The second-order valence-corrected chi connectivity index (χ2v) is 8.98. The van der Waals surface area contributed by atoms with Crippen molar-refractivity contribution in [2.45, 2.75) is 76.9 Å². The summed E-state index contributed by atoms with van der Waals surface area (Å²) in [4.78, 5) is 28.0. The van der Waals surface area contributed by atoms with Gasteiger partial charge in [0.1, 0.15) is 17.7 Å². The monoisotopic (exact) mass is 422 g/mol. The third-order valence-electron chi connectivity index (χ3n) is 6.87. The van der Waals surface area contributed by atoms with Gasteiger partial charge in [0, 0.05) is 12.1 Å². The fourth-order valence-electron chi connectivity index (χ4n) is 4.94. The largest absolute Gasteiger partial charge is 0.351 e. The van der Waals surface area contributed by atoms with E-state index in [2.05, 4.69) is 19.2 Å². The zero-order chi connectivity index (χ0) is 21.0. The van der Waals surface area contributed by atoms with E-state index in [1.807, 2.05) is 0 Å². The molecule has 2 amide bonds. The third kappa shape index (κ3) is 5.11. The fourth-order valence-corrected chi connectivity index (χ4v) is 5.08. The molecule has 0 radical (unpaired) electrons. The third-order valence-corrected chi connectivity index (χ3v) is 7.10. The Morgan fingerprint density at radius 1 is 1.10 bits per heavy atom. The van der Waals surface area contributed by atoms with E-state index in [9.17, 15) is 14.0 Å². The van der Waals surface area contributed by atoms with Crippen LogP contribution in [0.3, 0.4) is 0 Å². The number of benzene rings is 1. The Balaban J connectivity index is 1.91. The number of amides is 2. The molecule has 2 aliphatic carbocycles. The van der Waals surface area contributed by atoms with Gasteiger partial charge in [-0.05, 0) is 48.8 Å². The molecule has 6 heteroatoms. The second kappa shape index (κ2) is 9.92. The number of nitrogens with zero attached hydrogens (tertiary/aromatic N) is 1. The first kappa shape index (κ1) is 22.1. The Hall–Kier alpha value is -1.62. The molecule has 160 valence electrons. The standard InChI is InChI=1S/C23H32ClFN2O2/c1-15-6-5-9-20(16(15)2)26-23(29)22(17-10-12-18(25)13-11-17)27(21(28)14-24)19-7-3-4-8-19/h10-13,15-16,19-20,22H,3-9,14H2,1-2H3,(H,26,29)/t15-,16+,20+,22+/m1/s1. The topological polar surface area (TPSA) is 49.4 Å². The Morgan fingerprint density at radius 2 is 1.76 bits per heavy atom. The average molecular weight is 423 g/mol. The van der Waals surface area contributed by atoms with Gasteiger partial charge >= 0.3 is 0 Å². The zero-order valence-electron chi connectivity index (χ0n) is 17.4. The summed E-state index contributed by atoms with van der Waals surface area (Å²) in [5, 5.41) is 3.23. The van der Waals surface area contributed by atoms with Crippen LogP contribution < -0.4 is 5.32 Å². The summed E-state index contributed by atoms with van der Waals surface area (Å²) in [5.74, 6) is -0.0306. The first-order chi connectivity index (χ1) is 13.9. The SMILES string of the molecule is C[C@H]1[C@H](C)CCC[C@@H]1NC(=O)[C@H](c1ccc(F)cc1)N(C(=O)CCl)C1CCCC1. The van der Waals surface area contributed by atoms with E-state index in [0.29, 0.717) is 17.4 Å². The highest BCUT2D eigenvalue weighted by molar-refractivity contribution is 6.27. The van der Waals surface area contributed by atoms with Gasteiger partial charge in [-0.15, -0.1) is 11.6 Å². The highest BCUT2D eigenvalue weighted by atomic mass is 35.5. The predicted molar refractivity (Wildman–Crippen MR) is 113 cm³/mol. The van der Waals surface area contributed by atoms with Crippen LogP contribution in [0.5, 0.6) is 0 Å². The number of hydrogen-bond donors (Lipinski definition) is 1. The molecule has 0 spiro atoms. The molecule has 0 unspecified atom stereocenters. The van der Waals surface area contributed by atoms with Crippen LogP contribution >= 0.6 is 11.6 Å². The van der Waals surface area contributed by atoms with Crippen LogP contribution in [0.1, 0.15) is 70.4 Å². The van der Waals surface area contributed by atoms with Gasteiger partial charge in [-0.3, -0.25) is 9.59 Å². The molecule has 0 saturated heterocycles. The minimum Gasteiger partial charge on any atom is -0.351 e. The summed E-state index contributed by atoms with van der Waals surface area (Å²) in [6.45, 7) is 4.41. The molecular formula is C23H32ClFN2O2. The van der Waals surface area contributed by atoms with Gasteiger partial charge in [0.2, 0.25) is 11.8 Å². The molecule has 0 aliphatic heterocycles. The van der Waals surface area contributed by atoms with E-state index in [1.165, 1.54) is 18.6 Å². The summed E-state index contributed by atoms with van der Waals surface area (Å²) in [6, 6.07) is 5.20. The van der Waals surface area contributed by atoms with Gasteiger partial charge < -0.3 is 10.2 Å². The minimum absolute atomic E-state index is 0.00949. The number of rotatable bonds is 6. The van der Waals surface area contributed by atoms with Crippen LogP contribution in [0.4, 0.5) is 4.39 Å². The second-order valence-electron chi connectivity index (χ2n) is 8.71. The van der Waals surface area contributed by atoms with Crippen molar-refractivity contribution in [3.05, 3.63) is 35.6 Å². The molecule has 3 rings (SSSR count). The summed E-state index contributed by atoms with van der Waals surface area (Å²) < 4.78 is 13.5. The van der Waals surface area contributed by atoms with E-state index in [4.69, 9.17) is 11.6 Å². The van der Waals surface area contributed by atoms with Gasteiger partial charge in [0.25, 0.3) is 0 Å². The lowest BCUT2D eigenvalue weighted by Gasteiger charge is -2.39. The maximum Gasteiger partial charge on any atom is 0.247 e. The van der Waals surface area contributed by atoms with E-state index in [-0.39, 0.29) is 35.6 Å². The molecule has 0 aromatic heterocycles. The van der Waals surface area contributed by atoms with Crippen molar-refractivity contribution in [2.24, 2.45) is 11.8 Å². The maximum atomic E-state index is 13.5.